The zero-order chi connectivity index (χ0) is 21.4. The Bertz CT molecular complexity index is 1340. The van der Waals surface area contributed by atoms with Crippen LogP contribution in [-0.2, 0) is 11.3 Å². The second kappa shape index (κ2) is 8.22. The molecule has 8 heteroatoms. The number of amides is 1. The van der Waals surface area contributed by atoms with Crippen LogP contribution in [0.4, 0.5) is 5.69 Å². The van der Waals surface area contributed by atoms with Crippen LogP contribution in [0, 0.1) is 13.8 Å². The van der Waals surface area contributed by atoms with Gasteiger partial charge in [-0.05, 0) is 43.2 Å². The number of nitrogens with zero attached hydrogens (tertiary/aromatic N) is 2. The first-order chi connectivity index (χ1) is 14.3. The first-order valence-electron chi connectivity index (χ1n) is 9.12. The van der Waals surface area contributed by atoms with E-state index in [1.165, 1.54) is 22.2 Å². The molecule has 0 aliphatic rings. The molecule has 4 rings (SSSR count). The van der Waals surface area contributed by atoms with Crippen molar-refractivity contribution in [2.24, 2.45) is 0 Å². The van der Waals surface area contributed by atoms with Crippen molar-refractivity contribution in [3.8, 4) is 11.1 Å². The van der Waals surface area contributed by atoms with Crippen LogP contribution in [0.2, 0.25) is 10.0 Å². The Morgan fingerprint density at radius 2 is 1.90 bits per heavy atom. The molecule has 0 atom stereocenters. The summed E-state index contributed by atoms with van der Waals surface area (Å²) in [5.41, 5.74) is 4.32. The summed E-state index contributed by atoms with van der Waals surface area (Å²) >= 11 is 13.3. The number of carbonyl (C=O) groups excluding carboxylic acids is 1. The van der Waals surface area contributed by atoms with Gasteiger partial charge < -0.3 is 5.32 Å². The lowest BCUT2D eigenvalue weighted by molar-refractivity contribution is -0.116. The maximum Gasteiger partial charge on any atom is 0.263 e. The third-order valence-corrected chi connectivity index (χ3v) is 6.38. The summed E-state index contributed by atoms with van der Waals surface area (Å²) in [4.78, 5) is 30.7. The molecular weight excluding hydrogens is 441 g/mol. The van der Waals surface area contributed by atoms with Gasteiger partial charge in [0.2, 0.25) is 5.91 Å². The molecule has 0 saturated carbocycles. The van der Waals surface area contributed by atoms with E-state index in [1.54, 1.807) is 18.2 Å². The molecular formula is C22H17Cl2N3O2S. The lowest BCUT2D eigenvalue weighted by Crippen LogP contribution is -2.27. The molecule has 0 fully saturated rings. The van der Waals surface area contributed by atoms with E-state index in [0.717, 1.165) is 22.3 Å². The van der Waals surface area contributed by atoms with E-state index in [0.29, 0.717) is 25.9 Å². The molecule has 0 radical (unpaired) electrons. The second-order valence-corrected chi connectivity index (χ2v) is 8.68. The number of halogens is 2. The average Bonchev–Trinajstić information content (AvgIpc) is 3.11. The molecule has 1 N–H and O–H groups in total. The Morgan fingerprint density at radius 3 is 2.63 bits per heavy atom. The van der Waals surface area contributed by atoms with Crippen LogP contribution in [0.15, 0.2) is 52.9 Å². The highest BCUT2D eigenvalue weighted by molar-refractivity contribution is 7.17. The minimum Gasteiger partial charge on any atom is -0.324 e. The molecule has 5 nitrogen and oxygen atoms in total. The third-order valence-electron chi connectivity index (χ3n) is 4.75. The number of hydrogen-bond donors (Lipinski definition) is 1. The highest BCUT2D eigenvalue weighted by Gasteiger charge is 2.16. The first-order valence-corrected chi connectivity index (χ1v) is 10.8. The van der Waals surface area contributed by atoms with E-state index in [4.69, 9.17) is 23.2 Å². The summed E-state index contributed by atoms with van der Waals surface area (Å²) in [5, 5.41) is 5.93. The van der Waals surface area contributed by atoms with Gasteiger partial charge in [0.05, 0.1) is 21.8 Å². The maximum atomic E-state index is 13.2. The van der Waals surface area contributed by atoms with Crippen molar-refractivity contribution in [3.63, 3.8) is 0 Å². The Hall–Kier alpha value is -2.67. The molecule has 1 amide bonds. The predicted octanol–water partition coefficient (Wildman–Crippen LogP) is 5.69. The van der Waals surface area contributed by atoms with E-state index in [1.807, 2.05) is 31.4 Å². The molecule has 0 unspecified atom stereocenters. The second-order valence-electron chi connectivity index (χ2n) is 7.00. The largest absolute Gasteiger partial charge is 0.324 e. The Morgan fingerprint density at radius 1 is 1.10 bits per heavy atom. The Balaban J connectivity index is 1.67. The van der Waals surface area contributed by atoms with Crippen LogP contribution in [-0.4, -0.2) is 15.5 Å². The van der Waals surface area contributed by atoms with E-state index >= 15 is 0 Å². The summed E-state index contributed by atoms with van der Waals surface area (Å²) < 4.78 is 1.31. The van der Waals surface area contributed by atoms with E-state index in [2.05, 4.69) is 16.4 Å². The van der Waals surface area contributed by atoms with Crippen LogP contribution >= 0.6 is 34.5 Å². The fraction of sp³-hybridized carbons (Fsp3) is 0.136. The standard InChI is InChI=1S/C22H17Cl2N3O2S/c1-12-3-5-15(13(2)7-12)16-10-30-21-20(16)22(29)27(11-25-21)9-19(28)26-14-4-6-17(23)18(24)8-14/h3-8,10-11H,9H2,1-2H3,(H,26,28). The normalized spacial score (nSPS) is 11.1. The predicted molar refractivity (Wildman–Crippen MR) is 124 cm³/mol. The smallest absolute Gasteiger partial charge is 0.263 e. The van der Waals surface area contributed by atoms with Gasteiger partial charge in [-0.2, -0.15) is 0 Å². The lowest BCUT2D eigenvalue weighted by Gasteiger charge is -2.09. The molecule has 2 aromatic carbocycles. The van der Waals surface area contributed by atoms with Gasteiger partial charge in [0, 0.05) is 16.6 Å². The van der Waals surface area contributed by atoms with Crippen molar-refractivity contribution < 1.29 is 4.79 Å². The number of benzene rings is 2. The molecule has 4 aromatic rings. The SMILES string of the molecule is Cc1ccc(-c2csc3ncn(CC(=O)Nc4ccc(Cl)c(Cl)c4)c(=O)c23)c(C)c1. The van der Waals surface area contributed by atoms with Gasteiger partial charge in [-0.3, -0.25) is 14.2 Å². The van der Waals surface area contributed by atoms with Gasteiger partial charge >= 0.3 is 0 Å². The molecule has 0 bridgehead atoms. The summed E-state index contributed by atoms with van der Waals surface area (Å²) in [5.74, 6) is -0.361. The molecule has 0 aliphatic heterocycles. The Labute approximate surface area is 186 Å². The number of thiophene rings is 1. The number of carbonyl (C=O) groups is 1. The van der Waals surface area contributed by atoms with Gasteiger partial charge in [-0.15, -0.1) is 11.3 Å². The fourth-order valence-electron chi connectivity index (χ4n) is 3.32. The summed E-state index contributed by atoms with van der Waals surface area (Å²) in [7, 11) is 0. The van der Waals surface area contributed by atoms with Crippen molar-refractivity contribution in [2.45, 2.75) is 20.4 Å². The number of hydrogen-bond acceptors (Lipinski definition) is 4. The topological polar surface area (TPSA) is 64.0 Å². The number of aryl methyl sites for hydroxylation is 2. The van der Waals surface area contributed by atoms with Crippen molar-refractivity contribution >= 4 is 56.3 Å². The van der Waals surface area contributed by atoms with Crippen molar-refractivity contribution in [1.82, 2.24) is 9.55 Å². The van der Waals surface area contributed by atoms with Crippen molar-refractivity contribution in [3.05, 3.63) is 79.6 Å². The van der Waals surface area contributed by atoms with Crippen LogP contribution in [0.1, 0.15) is 11.1 Å². The molecule has 30 heavy (non-hydrogen) atoms. The van der Waals surface area contributed by atoms with Crippen molar-refractivity contribution in [2.75, 3.05) is 5.32 Å². The van der Waals surface area contributed by atoms with E-state index in [-0.39, 0.29) is 18.0 Å². The van der Waals surface area contributed by atoms with Crippen molar-refractivity contribution in [1.29, 1.82) is 0 Å². The van der Waals surface area contributed by atoms with Crippen LogP contribution in [0.25, 0.3) is 21.3 Å². The average molecular weight is 458 g/mol. The fourth-order valence-corrected chi connectivity index (χ4v) is 4.52. The van der Waals surface area contributed by atoms with E-state index in [9.17, 15) is 9.59 Å². The molecule has 0 spiro atoms. The molecule has 152 valence electrons. The minimum absolute atomic E-state index is 0.163. The molecule has 0 aliphatic carbocycles. The third kappa shape index (κ3) is 3.99. The maximum absolute atomic E-state index is 13.2. The minimum atomic E-state index is -0.361. The number of fused-ring (bicyclic) bond motifs is 1. The summed E-state index contributed by atoms with van der Waals surface area (Å²) in [6.07, 6.45) is 1.40. The zero-order valence-corrected chi connectivity index (χ0v) is 18.5. The number of rotatable bonds is 4. The number of anilines is 1. The monoisotopic (exact) mass is 457 g/mol. The highest BCUT2D eigenvalue weighted by atomic mass is 35.5. The van der Waals surface area contributed by atoms with Gasteiger partial charge in [-0.25, -0.2) is 4.98 Å². The highest BCUT2D eigenvalue weighted by Crippen LogP contribution is 2.33. The van der Waals surface area contributed by atoms with Gasteiger partial charge in [-0.1, -0.05) is 47.0 Å². The van der Waals surface area contributed by atoms with E-state index < -0.39 is 0 Å². The lowest BCUT2D eigenvalue weighted by atomic mass is 9.99. The molecule has 0 saturated heterocycles. The van der Waals surface area contributed by atoms with Gasteiger partial charge in [0.15, 0.2) is 0 Å². The molecule has 2 aromatic heterocycles. The zero-order valence-electron chi connectivity index (χ0n) is 16.2. The van der Waals surface area contributed by atoms with Gasteiger partial charge in [0.1, 0.15) is 11.4 Å². The quantitative estimate of drug-likeness (QED) is 0.428. The van der Waals surface area contributed by atoms with Gasteiger partial charge in [0.25, 0.3) is 5.56 Å². The molecule has 2 heterocycles. The summed E-state index contributed by atoms with van der Waals surface area (Å²) in [6, 6.07) is 10.9. The summed E-state index contributed by atoms with van der Waals surface area (Å²) in [6.45, 7) is 3.89. The van der Waals surface area contributed by atoms with Crippen LogP contribution in [0.5, 0.6) is 0 Å². The van der Waals surface area contributed by atoms with Crippen LogP contribution < -0.4 is 10.9 Å². The first kappa shape index (κ1) is 20.6. The Kier molecular flexibility index (Phi) is 5.64. The number of aromatic nitrogens is 2. The number of nitrogens with one attached hydrogen (secondary N) is 1. The van der Waals surface area contributed by atoms with Crippen LogP contribution in [0.3, 0.4) is 0 Å².